The monoisotopic (exact) mass is 274 g/mol. The third-order valence-corrected chi connectivity index (χ3v) is 3.18. The number of esters is 1. The summed E-state index contributed by atoms with van der Waals surface area (Å²) in [5, 5.41) is 0. The zero-order valence-electron chi connectivity index (χ0n) is 9.77. The average Bonchev–Trinajstić information content (AvgIpc) is 2.26. The van der Waals surface area contributed by atoms with Gasteiger partial charge in [0, 0.05) is 11.8 Å². The Balaban J connectivity index is 3.13. The molecular formula is C11H11FO5S. The molecule has 98 valence electrons. The van der Waals surface area contributed by atoms with E-state index in [1.807, 2.05) is 0 Å². The first-order valence-electron chi connectivity index (χ1n) is 4.98. The molecule has 0 atom stereocenters. The molecule has 0 aliphatic rings. The number of carbonyl (C=O) groups excluding carboxylic acids is 2. The summed E-state index contributed by atoms with van der Waals surface area (Å²) < 4.78 is 40.2. The largest absolute Gasteiger partial charge is 0.460 e. The molecule has 7 heteroatoms. The summed E-state index contributed by atoms with van der Waals surface area (Å²) in [5.41, 5.74) is -0.252. The lowest BCUT2D eigenvalue weighted by Crippen LogP contribution is -2.18. The quantitative estimate of drug-likeness (QED) is 0.464. The molecule has 0 spiro atoms. The van der Waals surface area contributed by atoms with Gasteiger partial charge in [-0.05, 0) is 25.1 Å². The molecule has 0 aromatic heterocycles. The minimum absolute atomic E-state index is 0.0223. The second kappa shape index (κ2) is 5.26. The van der Waals surface area contributed by atoms with Crippen LogP contribution < -0.4 is 0 Å². The van der Waals surface area contributed by atoms with Gasteiger partial charge in [0.2, 0.25) is 0 Å². The van der Waals surface area contributed by atoms with Crippen molar-refractivity contribution in [2.45, 2.75) is 11.8 Å². The van der Waals surface area contributed by atoms with Crippen LogP contribution in [0.15, 0.2) is 23.1 Å². The number of Topliss-reactive ketones (excluding diaryl/α,β-unsaturated/α-hetero) is 1. The first kappa shape index (κ1) is 14.3. The molecule has 0 radical (unpaired) electrons. The minimum atomic E-state index is -3.71. The van der Waals surface area contributed by atoms with Gasteiger partial charge in [-0.25, -0.2) is 17.6 Å². The van der Waals surface area contributed by atoms with Gasteiger partial charge >= 0.3 is 5.97 Å². The first-order chi connectivity index (χ1) is 8.27. The van der Waals surface area contributed by atoms with Crippen LogP contribution in [0.1, 0.15) is 17.3 Å². The van der Waals surface area contributed by atoms with E-state index in [4.69, 9.17) is 0 Å². The molecular weight excluding hydrogens is 263 g/mol. The summed E-state index contributed by atoms with van der Waals surface area (Å²) in [6.07, 6.45) is 0.845. The molecule has 18 heavy (non-hydrogen) atoms. The maximum Gasteiger partial charge on any atom is 0.379 e. The fourth-order valence-corrected chi connectivity index (χ4v) is 1.99. The maximum atomic E-state index is 13.5. The van der Waals surface area contributed by atoms with Crippen molar-refractivity contribution in [1.82, 2.24) is 0 Å². The molecule has 0 bridgehead atoms. The van der Waals surface area contributed by atoms with Crippen molar-refractivity contribution in [2.24, 2.45) is 0 Å². The Kier molecular flexibility index (Phi) is 4.18. The van der Waals surface area contributed by atoms with Crippen LogP contribution in [0.3, 0.4) is 0 Å². The van der Waals surface area contributed by atoms with E-state index in [1.54, 1.807) is 0 Å². The van der Waals surface area contributed by atoms with Crippen LogP contribution in [0.2, 0.25) is 0 Å². The molecule has 1 aromatic carbocycles. The average molecular weight is 274 g/mol. The van der Waals surface area contributed by atoms with Gasteiger partial charge in [0.25, 0.3) is 5.78 Å². The van der Waals surface area contributed by atoms with Crippen LogP contribution in [0.4, 0.5) is 4.39 Å². The van der Waals surface area contributed by atoms with Crippen LogP contribution in [0.5, 0.6) is 0 Å². The lowest BCUT2D eigenvalue weighted by atomic mass is 10.1. The van der Waals surface area contributed by atoms with Crippen LogP contribution in [0.25, 0.3) is 0 Å². The summed E-state index contributed by atoms with van der Waals surface area (Å²) in [6, 6.07) is 2.71. The van der Waals surface area contributed by atoms with Crippen molar-refractivity contribution in [1.29, 1.82) is 0 Å². The van der Waals surface area contributed by atoms with E-state index < -0.39 is 32.3 Å². The predicted molar refractivity (Wildman–Crippen MR) is 60.5 cm³/mol. The van der Waals surface area contributed by atoms with Gasteiger partial charge in [0.05, 0.1) is 6.61 Å². The lowest BCUT2D eigenvalue weighted by molar-refractivity contribution is -0.137. The number of hydrogen-bond donors (Lipinski definition) is 0. The van der Waals surface area contributed by atoms with Crippen molar-refractivity contribution < 1.29 is 27.1 Å². The van der Waals surface area contributed by atoms with Crippen molar-refractivity contribution in [2.75, 3.05) is 12.9 Å². The highest BCUT2D eigenvalue weighted by atomic mass is 32.2. The zero-order valence-corrected chi connectivity index (χ0v) is 10.6. The molecule has 0 N–H and O–H groups in total. The Hall–Kier alpha value is -1.76. The van der Waals surface area contributed by atoms with Gasteiger partial charge in [-0.15, -0.1) is 0 Å². The number of benzene rings is 1. The van der Waals surface area contributed by atoms with Crippen molar-refractivity contribution >= 4 is 21.6 Å². The molecule has 0 fully saturated rings. The second-order valence-electron chi connectivity index (χ2n) is 3.47. The van der Waals surface area contributed by atoms with E-state index in [-0.39, 0.29) is 12.2 Å². The van der Waals surface area contributed by atoms with Crippen LogP contribution in [0, 0.1) is 5.82 Å². The molecule has 0 saturated heterocycles. The number of rotatable bonds is 4. The molecule has 0 aliphatic carbocycles. The Morgan fingerprint density at radius 1 is 1.33 bits per heavy atom. The predicted octanol–water partition coefficient (Wildman–Crippen LogP) is 0.975. The third kappa shape index (κ3) is 3.13. The topological polar surface area (TPSA) is 77.5 Å². The summed E-state index contributed by atoms with van der Waals surface area (Å²) >= 11 is 0. The Labute approximate surface area is 103 Å². The van der Waals surface area contributed by atoms with E-state index in [0.717, 1.165) is 18.4 Å². The van der Waals surface area contributed by atoms with Crippen LogP contribution in [-0.2, 0) is 19.4 Å². The SMILES string of the molecule is CCOC(=O)C(=O)c1ccc(S(C)(=O)=O)c(F)c1. The van der Waals surface area contributed by atoms with Crippen LogP contribution in [-0.4, -0.2) is 33.0 Å². The van der Waals surface area contributed by atoms with E-state index in [0.29, 0.717) is 6.07 Å². The molecule has 0 amide bonds. The minimum Gasteiger partial charge on any atom is -0.460 e. The van der Waals surface area contributed by atoms with E-state index in [9.17, 15) is 22.4 Å². The first-order valence-corrected chi connectivity index (χ1v) is 6.87. The number of sulfone groups is 1. The standard InChI is InChI=1S/C11H11FO5S/c1-3-17-11(14)10(13)7-4-5-9(8(12)6-7)18(2,15)16/h4-6H,3H2,1-2H3. The van der Waals surface area contributed by atoms with Gasteiger partial charge in [-0.2, -0.15) is 0 Å². The molecule has 0 unspecified atom stereocenters. The van der Waals surface area contributed by atoms with Crippen LogP contribution >= 0.6 is 0 Å². The smallest absolute Gasteiger partial charge is 0.379 e. The molecule has 1 rings (SSSR count). The van der Waals surface area contributed by atoms with Crippen molar-refractivity contribution in [3.05, 3.63) is 29.6 Å². The number of ketones is 1. The fraction of sp³-hybridized carbons (Fsp3) is 0.273. The summed E-state index contributed by atoms with van der Waals surface area (Å²) in [4.78, 5) is 22.1. The molecule has 1 aromatic rings. The molecule has 5 nitrogen and oxygen atoms in total. The second-order valence-corrected chi connectivity index (χ2v) is 5.45. The molecule has 0 aliphatic heterocycles. The highest BCUT2D eigenvalue weighted by Crippen LogP contribution is 2.16. The van der Waals surface area contributed by atoms with Gasteiger partial charge in [-0.1, -0.05) is 0 Å². The lowest BCUT2D eigenvalue weighted by Gasteiger charge is -2.04. The Bertz CT molecular complexity index is 591. The summed E-state index contributed by atoms with van der Waals surface area (Å²) in [6.45, 7) is 1.55. The van der Waals surface area contributed by atoms with Gasteiger partial charge in [-0.3, -0.25) is 4.79 Å². The number of carbonyl (C=O) groups is 2. The fourth-order valence-electron chi connectivity index (χ4n) is 1.26. The van der Waals surface area contributed by atoms with Gasteiger partial charge in [0.15, 0.2) is 9.84 Å². The highest BCUT2D eigenvalue weighted by Gasteiger charge is 2.21. The van der Waals surface area contributed by atoms with E-state index in [1.165, 1.54) is 6.92 Å². The summed E-state index contributed by atoms with van der Waals surface area (Å²) in [5.74, 6) is -3.20. The zero-order chi connectivity index (χ0) is 13.9. The summed E-state index contributed by atoms with van der Waals surface area (Å²) in [7, 11) is -3.71. The molecule has 0 heterocycles. The van der Waals surface area contributed by atoms with E-state index >= 15 is 0 Å². The molecule has 0 saturated carbocycles. The number of halogens is 1. The van der Waals surface area contributed by atoms with Crippen molar-refractivity contribution in [3.8, 4) is 0 Å². The maximum absolute atomic E-state index is 13.5. The number of hydrogen-bond acceptors (Lipinski definition) is 5. The number of ether oxygens (including phenoxy) is 1. The Morgan fingerprint density at radius 2 is 1.94 bits per heavy atom. The normalized spacial score (nSPS) is 11.1. The third-order valence-electron chi connectivity index (χ3n) is 2.05. The van der Waals surface area contributed by atoms with E-state index in [2.05, 4.69) is 4.74 Å². The van der Waals surface area contributed by atoms with Crippen molar-refractivity contribution in [3.63, 3.8) is 0 Å². The highest BCUT2D eigenvalue weighted by molar-refractivity contribution is 7.90. The van der Waals surface area contributed by atoms with Gasteiger partial charge in [0.1, 0.15) is 10.7 Å². The Morgan fingerprint density at radius 3 is 2.39 bits per heavy atom. The van der Waals surface area contributed by atoms with Gasteiger partial charge < -0.3 is 4.74 Å².